The van der Waals surface area contributed by atoms with Crippen molar-refractivity contribution in [2.45, 2.75) is 6.43 Å². The predicted molar refractivity (Wildman–Crippen MR) is 52.2 cm³/mol. The molecule has 0 unspecified atom stereocenters. The van der Waals surface area contributed by atoms with E-state index in [-0.39, 0.29) is 0 Å². The standard InChI is InChI=1S/C8H5ClF2N2O4/c1-17-8(14)3-2-4(7(10)11)12-6(9)5(3)13(15)16/h2,7H,1H3. The van der Waals surface area contributed by atoms with Crippen molar-refractivity contribution in [1.82, 2.24) is 4.98 Å². The van der Waals surface area contributed by atoms with Crippen LogP contribution in [0, 0.1) is 10.1 Å². The minimum atomic E-state index is -3.00. The third kappa shape index (κ3) is 2.64. The van der Waals surface area contributed by atoms with Gasteiger partial charge >= 0.3 is 11.7 Å². The molecule has 0 N–H and O–H groups in total. The van der Waals surface area contributed by atoms with Crippen molar-refractivity contribution < 1.29 is 23.2 Å². The van der Waals surface area contributed by atoms with Gasteiger partial charge in [0, 0.05) is 0 Å². The van der Waals surface area contributed by atoms with Gasteiger partial charge in [0.25, 0.3) is 6.43 Å². The number of esters is 1. The Morgan fingerprint density at radius 1 is 1.65 bits per heavy atom. The van der Waals surface area contributed by atoms with E-state index in [9.17, 15) is 23.7 Å². The zero-order valence-corrected chi connectivity index (χ0v) is 9.07. The summed E-state index contributed by atoms with van der Waals surface area (Å²) in [6, 6.07) is 0.584. The number of hydrogen-bond acceptors (Lipinski definition) is 5. The molecule has 1 rings (SSSR count). The molecule has 17 heavy (non-hydrogen) atoms. The maximum absolute atomic E-state index is 12.4. The van der Waals surface area contributed by atoms with E-state index in [4.69, 9.17) is 11.6 Å². The number of ether oxygens (including phenoxy) is 1. The smallest absolute Gasteiger partial charge is 0.345 e. The minimum Gasteiger partial charge on any atom is -0.465 e. The number of alkyl halides is 2. The van der Waals surface area contributed by atoms with E-state index in [0.717, 1.165) is 7.11 Å². The van der Waals surface area contributed by atoms with Crippen LogP contribution in [0.3, 0.4) is 0 Å². The molecule has 0 aliphatic carbocycles. The van der Waals surface area contributed by atoms with Crippen LogP contribution in [0.25, 0.3) is 0 Å². The molecule has 0 aromatic carbocycles. The lowest BCUT2D eigenvalue weighted by Gasteiger charge is -2.05. The fourth-order valence-electron chi connectivity index (χ4n) is 1.08. The first kappa shape index (κ1) is 13.2. The average Bonchev–Trinajstić information content (AvgIpc) is 2.26. The second-order valence-electron chi connectivity index (χ2n) is 2.78. The van der Waals surface area contributed by atoms with E-state index >= 15 is 0 Å². The molecule has 1 aromatic rings. The molecular weight excluding hydrogens is 262 g/mol. The molecule has 0 aliphatic heterocycles. The number of halogens is 3. The zero-order chi connectivity index (χ0) is 13.2. The van der Waals surface area contributed by atoms with Crippen molar-refractivity contribution in [1.29, 1.82) is 0 Å². The Kier molecular flexibility index (Phi) is 3.89. The Morgan fingerprint density at radius 3 is 2.65 bits per heavy atom. The third-order valence-corrected chi connectivity index (χ3v) is 2.04. The molecule has 6 nitrogen and oxygen atoms in total. The highest BCUT2D eigenvalue weighted by Gasteiger charge is 2.29. The molecule has 92 valence electrons. The van der Waals surface area contributed by atoms with E-state index in [1.807, 2.05) is 0 Å². The number of aromatic nitrogens is 1. The summed E-state index contributed by atoms with van der Waals surface area (Å²) in [4.78, 5) is 24.0. The first-order chi connectivity index (χ1) is 7.88. The van der Waals surface area contributed by atoms with Crippen molar-refractivity contribution in [3.63, 3.8) is 0 Å². The van der Waals surface area contributed by atoms with Crippen LogP contribution >= 0.6 is 11.6 Å². The van der Waals surface area contributed by atoms with E-state index in [0.29, 0.717) is 6.07 Å². The Morgan fingerprint density at radius 2 is 2.24 bits per heavy atom. The van der Waals surface area contributed by atoms with Crippen molar-refractivity contribution in [2.24, 2.45) is 0 Å². The maximum Gasteiger partial charge on any atom is 0.345 e. The molecule has 0 aliphatic rings. The van der Waals surface area contributed by atoms with Crippen LogP contribution in [0.5, 0.6) is 0 Å². The fraction of sp³-hybridized carbons (Fsp3) is 0.250. The number of methoxy groups -OCH3 is 1. The molecule has 0 radical (unpaired) electrons. The Balaban J connectivity index is 3.50. The number of hydrogen-bond donors (Lipinski definition) is 0. The van der Waals surface area contributed by atoms with Crippen LogP contribution in [0.2, 0.25) is 5.15 Å². The summed E-state index contributed by atoms with van der Waals surface area (Å²) < 4.78 is 29.0. The SMILES string of the molecule is COC(=O)c1cc(C(F)F)nc(Cl)c1[N+](=O)[O-]. The molecule has 9 heteroatoms. The lowest BCUT2D eigenvalue weighted by atomic mass is 10.2. The van der Waals surface area contributed by atoms with Crippen LogP contribution in [-0.2, 0) is 4.74 Å². The van der Waals surface area contributed by atoms with Gasteiger partial charge in [-0.2, -0.15) is 0 Å². The fourth-order valence-corrected chi connectivity index (χ4v) is 1.35. The lowest BCUT2D eigenvalue weighted by Crippen LogP contribution is -2.09. The average molecular weight is 267 g/mol. The number of pyridine rings is 1. The maximum atomic E-state index is 12.4. The minimum absolute atomic E-state index is 0.584. The Labute approximate surface area is 98.3 Å². The van der Waals surface area contributed by atoms with E-state index in [1.54, 1.807) is 0 Å². The molecule has 1 aromatic heterocycles. The largest absolute Gasteiger partial charge is 0.465 e. The number of carbonyl (C=O) groups excluding carboxylic acids is 1. The first-order valence-corrected chi connectivity index (χ1v) is 4.47. The summed E-state index contributed by atoms with van der Waals surface area (Å²) in [5.74, 6) is -1.14. The van der Waals surface area contributed by atoms with Gasteiger partial charge in [-0.3, -0.25) is 10.1 Å². The van der Waals surface area contributed by atoms with Gasteiger partial charge in [-0.05, 0) is 6.07 Å². The van der Waals surface area contributed by atoms with Crippen molar-refractivity contribution in [3.05, 3.63) is 32.6 Å². The van der Waals surface area contributed by atoms with Gasteiger partial charge in [0.1, 0.15) is 11.3 Å². The summed E-state index contributed by atoms with van der Waals surface area (Å²) in [5.41, 5.74) is -2.35. The topological polar surface area (TPSA) is 82.3 Å². The van der Waals surface area contributed by atoms with Crippen LogP contribution in [0.15, 0.2) is 6.07 Å². The van der Waals surface area contributed by atoms with Gasteiger partial charge in [0.05, 0.1) is 12.0 Å². The van der Waals surface area contributed by atoms with Gasteiger partial charge in [-0.25, -0.2) is 18.6 Å². The second-order valence-corrected chi connectivity index (χ2v) is 3.14. The summed E-state index contributed by atoms with van der Waals surface area (Å²) in [7, 11) is 0.961. The van der Waals surface area contributed by atoms with Gasteiger partial charge in [0.2, 0.25) is 5.15 Å². The summed E-state index contributed by atoms with van der Waals surface area (Å²) in [6.07, 6.45) is -3.00. The molecular formula is C8H5ClF2N2O4. The van der Waals surface area contributed by atoms with Crippen LogP contribution < -0.4 is 0 Å². The van der Waals surface area contributed by atoms with Gasteiger partial charge in [-0.1, -0.05) is 11.6 Å². The highest BCUT2D eigenvalue weighted by atomic mass is 35.5. The molecule has 0 saturated carbocycles. The second kappa shape index (κ2) is 5.00. The van der Waals surface area contributed by atoms with Crippen LogP contribution in [0.1, 0.15) is 22.5 Å². The van der Waals surface area contributed by atoms with Crippen molar-refractivity contribution in [2.75, 3.05) is 7.11 Å². The van der Waals surface area contributed by atoms with E-state index in [2.05, 4.69) is 9.72 Å². The van der Waals surface area contributed by atoms with Crippen LogP contribution in [-0.4, -0.2) is 23.0 Å². The van der Waals surface area contributed by atoms with Crippen LogP contribution in [0.4, 0.5) is 14.5 Å². The lowest BCUT2D eigenvalue weighted by molar-refractivity contribution is -0.385. The Bertz CT molecular complexity index is 481. The van der Waals surface area contributed by atoms with Gasteiger partial charge < -0.3 is 4.74 Å². The highest BCUT2D eigenvalue weighted by Crippen LogP contribution is 2.31. The monoisotopic (exact) mass is 266 g/mol. The molecule has 0 fully saturated rings. The molecule has 0 spiro atoms. The highest BCUT2D eigenvalue weighted by molar-refractivity contribution is 6.32. The third-order valence-electron chi connectivity index (χ3n) is 1.78. The number of rotatable bonds is 3. The van der Waals surface area contributed by atoms with Crippen molar-refractivity contribution in [3.8, 4) is 0 Å². The first-order valence-electron chi connectivity index (χ1n) is 4.09. The van der Waals surface area contributed by atoms with Gasteiger partial charge in [0.15, 0.2) is 0 Å². The molecule has 0 bridgehead atoms. The summed E-state index contributed by atoms with van der Waals surface area (Å²) in [6.45, 7) is 0. The summed E-state index contributed by atoms with van der Waals surface area (Å²) >= 11 is 5.38. The number of nitrogens with zero attached hydrogens (tertiary/aromatic N) is 2. The van der Waals surface area contributed by atoms with Crippen molar-refractivity contribution >= 4 is 23.3 Å². The quantitative estimate of drug-likeness (QED) is 0.363. The predicted octanol–water partition coefficient (Wildman–Crippen LogP) is 2.37. The molecule has 0 saturated heterocycles. The van der Waals surface area contributed by atoms with Gasteiger partial charge in [-0.15, -0.1) is 0 Å². The van der Waals surface area contributed by atoms with E-state index in [1.165, 1.54) is 0 Å². The molecule has 0 amide bonds. The number of carbonyl (C=O) groups is 1. The zero-order valence-electron chi connectivity index (χ0n) is 8.32. The molecule has 1 heterocycles. The Hall–Kier alpha value is -1.83. The number of nitro groups is 1. The molecule has 0 atom stereocenters. The van der Waals surface area contributed by atoms with E-state index < -0.39 is 39.4 Å². The normalized spacial score (nSPS) is 10.4. The summed E-state index contributed by atoms with van der Waals surface area (Å²) in [5, 5.41) is 9.85.